The summed E-state index contributed by atoms with van der Waals surface area (Å²) in [6, 6.07) is 1.05. The first-order valence-corrected chi connectivity index (χ1v) is 8.61. The number of rotatable bonds is 9. The molecule has 1 aromatic rings. The second kappa shape index (κ2) is 7.69. The van der Waals surface area contributed by atoms with Crippen molar-refractivity contribution in [3.8, 4) is 0 Å². The van der Waals surface area contributed by atoms with Crippen LogP contribution in [-0.2, 0) is 14.8 Å². The molecule has 0 bridgehead atoms. The van der Waals surface area contributed by atoms with Crippen molar-refractivity contribution in [2.75, 3.05) is 32.1 Å². The van der Waals surface area contributed by atoms with E-state index in [1.165, 1.54) is 7.05 Å². The average Bonchev–Trinajstić information content (AvgIpc) is 2.82. The summed E-state index contributed by atoms with van der Waals surface area (Å²) >= 11 is 0.819. The lowest BCUT2D eigenvalue weighted by Crippen LogP contribution is -2.27. The van der Waals surface area contributed by atoms with E-state index in [1.54, 1.807) is 0 Å². The summed E-state index contributed by atoms with van der Waals surface area (Å²) in [5.74, 6) is 0.375. The highest BCUT2D eigenvalue weighted by atomic mass is 32.2. The molecule has 1 aromatic heterocycles. The van der Waals surface area contributed by atoms with Crippen LogP contribution in [0.5, 0.6) is 0 Å². The van der Waals surface area contributed by atoms with E-state index in [1.807, 2.05) is 13.8 Å². The Hall–Kier alpha value is -1.23. The number of ether oxygens (including phenoxy) is 1. The molecule has 0 atom stereocenters. The molecule has 0 spiro atoms. The monoisotopic (exact) mass is 337 g/mol. The summed E-state index contributed by atoms with van der Waals surface area (Å²) in [6.45, 7) is 4.91. The average molecular weight is 337 g/mol. The van der Waals surface area contributed by atoms with Gasteiger partial charge >= 0.3 is 5.69 Å². The fourth-order valence-electron chi connectivity index (χ4n) is 1.45. The van der Waals surface area contributed by atoms with Crippen molar-refractivity contribution in [1.82, 2.24) is 4.72 Å². The Bertz CT molecular complexity index is 583. The number of thiophene rings is 1. The van der Waals surface area contributed by atoms with Crippen molar-refractivity contribution in [1.29, 1.82) is 0 Å². The largest absolute Gasteiger partial charge is 0.380 e. The molecular formula is C11H19N3O5S2. The Morgan fingerprint density at radius 1 is 1.48 bits per heavy atom. The highest BCUT2D eigenvalue weighted by molar-refractivity contribution is 7.91. The van der Waals surface area contributed by atoms with E-state index in [-0.39, 0.29) is 28.0 Å². The zero-order valence-corrected chi connectivity index (χ0v) is 13.7. The molecule has 2 N–H and O–H groups in total. The van der Waals surface area contributed by atoms with Crippen LogP contribution >= 0.6 is 11.3 Å². The van der Waals surface area contributed by atoms with Crippen molar-refractivity contribution >= 4 is 32.0 Å². The molecule has 0 saturated carbocycles. The van der Waals surface area contributed by atoms with Crippen molar-refractivity contribution in [3.63, 3.8) is 0 Å². The molecule has 8 nitrogen and oxygen atoms in total. The Morgan fingerprint density at radius 3 is 2.62 bits per heavy atom. The fourth-order valence-corrected chi connectivity index (χ4v) is 3.78. The number of sulfonamides is 1. The molecule has 0 radical (unpaired) electrons. The van der Waals surface area contributed by atoms with E-state index in [4.69, 9.17) is 4.74 Å². The molecule has 21 heavy (non-hydrogen) atoms. The summed E-state index contributed by atoms with van der Waals surface area (Å²) in [4.78, 5) is 10.2. The van der Waals surface area contributed by atoms with Crippen LogP contribution in [0.4, 0.5) is 10.7 Å². The molecule has 0 fully saturated rings. The SMILES string of the molecule is CNc1sc(S(=O)(=O)NCCOCC(C)C)cc1[N+](=O)[O-]. The second-order valence-corrected chi connectivity index (χ2v) is 7.70. The van der Waals surface area contributed by atoms with E-state index in [0.717, 1.165) is 17.4 Å². The summed E-state index contributed by atoms with van der Waals surface area (Å²) in [6.07, 6.45) is 0. The molecule has 0 aromatic carbocycles. The van der Waals surface area contributed by atoms with Crippen LogP contribution in [0.1, 0.15) is 13.8 Å². The van der Waals surface area contributed by atoms with Gasteiger partial charge in [-0.3, -0.25) is 10.1 Å². The molecule has 1 rings (SSSR count). The van der Waals surface area contributed by atoms with Crippen molar-refractivity contribution in [3.05, 3.63) is 16.2 Å². The van der Waals surface area contributed by atoms with Crippen molar-refractivity contribution < 1.29 is 18.1 Å². The highest BCUT2D eigenvalue weighted by Gasteiger charge is 2.25. The molecule has 0 amide bonds. The number of anilines is 1. The Labute approximate surface area is 127 Å². The van der Waals surface area contributed by atoms with E-state index in [9.17, 15) is 18.5 Å². The molecular weight excluding hydrogens is 318 g/mol. The Balaban J connectivity index is 2.68. The molecule has 0 aliphatic heterocycles. The van der Waals surface area contributed by atoms with E-state index < -0.39 is 14.9 Å². The first-order chi connectivity index (χ1) is 9.77. The fraction of sp³-hybridized carbons (Fsp3) is 0.636. The van der Waals surface area contributed by atoms with Crippen LogP contribution in [0.3, 0.4) is 0 Å². The summed E-state index contributed by atoms with van der Waals surface area (Å²) in [5.41, 5.74) is -0.251. The first-order valence-electron chi connectivity index (χ1n) is 6.31. The van der Waals surface area contributed by atoms with Crippen LogP contribution in [0.2, 0.25) is 0 Å². The van der Waals surface area contributed by atoms with Gasteiger partial charge in [0, 0.05) is 26.3 Å². The maximum atomic E-state index is 12.0. The van der Waals surface area contributed by atoms with Gasteiger partial charge in [0.15, 0.2) is 5.00 Å². The summed E-state index contributed by atoms with van der Waals surface area (Å²) < 4.78 is 31.6. The zero-order valence-electron chi connectivity index (χ0n) is 12.1. The lowest BCUT2D eigenvalue weighted by atomic mass is 10.2. The topological polar surface area (TPSA) is 111 Å². The third-order valence-corrected chi connectivity index (χ3v) is 5.44. The second-order valence-electron chi connectivity index (χ2n) is 4.65. The third-order valence-electron chi connectivity index (χ3n) is 2.37. The molecule has 120 valence electrons. The van der Waals surface area contributed by atoms with Crippen LogP contribution in [0, 0.1) is 16.0 Å². The number of hydrogen-bond acceptors (Lipinski definition) is 7. The zero-order chi connectivity index (χ0) is 16.0. The molecule has 10 heteroatoms. The van der Waals surface area contributed by atoms with Crippen LogP contribution in [0.15, 0.2) is 10.3 Å². The highest BCUT2D eigenvalue weighted by Crippen LogP contribution is 2.36. The maximum absolute atomic E-state index is 12.0. The summed E-state index contributed by atoms with van der Waals surface area (Å²) in [5, 5.41) is 13.6. The maximum Gasteiger partial charge on any atom is 0.304 e. The van der Waals surface area contributed by atoms with Gasteiger partial charge in [-0.25, -0.2) is 13.1 Å². The van der Waals surface area contributed by atoms with Crippen LogP contribution in [-0.4, -0.2) is 40.1 Å². The number of nitrogens with one attached hydrogen (secondary N) is 2. The standard InChI is InChI=1S/C11H19N3O5S2/c1-8(2)7-19-5-4-13-21(17,18)10-6-9(14(15)16)11(12-3)20-10/h6,8,12-13H,4-5,7H2,1-3H3. The lowest BCUT2D eigenvalue weighted by molar-refractivity contribution is -0.383. The van der Waals surface area contributed by atoms with Gasteiger partial charge in [-0.15, -0.1) is 0 Å². The van der Waals surface area contributed by atoms with Crippen molar-refractivity contribution in [2.45, 2.75) is 18.1 Å². The third kappa shape index (κ3) is 5.23. The lowest BCUT2D eigenvalue weighted by Gasteiger charge is -2.07. The molecule has 0 unspecified atom stereocenters. The number of nitrogens with zero attached hydrogens (tertiary/aromatic N) is 1. The van der Waals surface area contributed by atoms with E-state index in [0.29, 0.717) is 12.5 Å². The minimum atomic E-state index is -3.76. The number of hydrogen-bond donors (Lipinski definition) is 2. The quantitative estimate of drug-likeness (QED) is 0.403. The molecule has 0 saturated heterocycles. The van der Waals surface area contributed by atoms with Gasteiger partial charge in [-0.2, -0.15) is 0 Å². The minimum Gasteiger partial charge on any atom is -0.380 e. The first kappa shape index (κ1) is 17.8. The molecule has 0 aliphatic rings. The van der Waals surface area contributed by atoms with Crippen molar-refractivity contribution in [2.24, 2.45) is 5.92 Å². The van der Waals surface area contributed by atoms with Gasteiger partial charge in [-0.05, 0) is 5.92 Å². The van der Waals surface area contributed by atoms with E-state index >= 15 is 0 Å². The van der Waals surface area contributed by atoms with E-state index in [2.05, 4.69) is 10.0 Å². The van der Waals surface area contributed by atoms with Gasteiger partial charge in [-0.1, -0.05) is 25.2 Å². The van der Waals surface area contributed by atoms with Gasteiger partial charge in [0.2, 0.25) is 10.0 Å². The van der Waals surface area contributed by atoms with Gasteiger partial charge in [0.1, 0.15) is 4.21 Å². The normalized spacial score (nSPS) is 11.8. The van der Waals surface area contributed by atoms with Gasteiger partial charge < -0.3 is 10.1 Å². The van der Waals surface area contributed by atoms with Crippen LogP contribution in [0.25, 0.3) is 0 Å². The van der Waals surface area contributed by atoms with Gasteiger partial charge in [0.05, 0.1) is 11.5 Å². The predicted octanol–water partition coefficient (Wildman–Crippen LogP) is 1.65. The Morgan fingerprint density at radius 2 is 2.14 bits per heavy atom. The van der Waals surface area contributed by atoms with Crippen LogP contribution < -0.4 is 10.0 Å². The number of nitro groups is 1. The minimum absolute atomic E-state index is 0.0950. The molecule has 0 aliphatic carbocycles. The summed E-state index contributed by atoms with van der Waals surface area (Å²) in [7, 11) is -2.26. The van der Waals surface area contributed by atoms with Gasteiger partial charge in [0.25, 0.3) is 0 Å². The Kier molecular flexibility index (Phi) is 6.52. The smallest absolute Gasteiger partial charge is 0.304 e. The molecule has 1 heterocycles. The predicted molar refractivity (Wildman–Crippen MR) is 81.4 cm³/mol.